The van der Waals surface area contributed by atoms with Gasteiger partial charge in [0.25, 0.3) is 0 Å². The van der Waals surface area contributed by atoms with Crippen LogP contribution in [-0.2, 0) is 0 Å². The minimum atomic E-state index is -0.589. The van der Waals surface area contributed by atoms with Gasteiger partial charge in [-0.3, -0.25) is 10.1 Å². The van der Waals surface area contributed by atoms with Crippen molar-refractivity contribution in [1.29, 1.82) is 0 Å². The van der Waals surface area contributed by atoms with Crippen molar-refractivity contribution in [1.82, 2.24) is 9.97 Å². The molecule has 2 atom stereocenters. The fraction of sp³-hybridized carbons (Fsp3) is 0.636. The lowest BCUT2D eigenvalue weighted by Gasteiger charge is -2.31. The van der Waals surface area contributed by atoms with Gasteiger partial charge < -0.3 is 16.2 Å². The minimum Gasteiger partial charge on any atom is -0.396 e. The molecule has 0 radical (unpaired) electrons. The van der Waals surface area contributed by atoms with Crippen molar-refractivity contribution in [3.05, 3.63) is 16.4 Å². The number of hydrogen-bond acceptors (Lipinski definition) is 7. The molecule has 0 aliphatic heterocycles. The van der Waals surface area contributed by atoms with Crippen molar-refractivity contribution in [2.45, 2.75) is 31.7 Å². The summed E-state index contributed by atoms with van der Waals surface area (Å²) in [7, 11) is 0. The lowest BCUT2D eigenvalue weighted by molar-refractivity contribution is -0.383. The Labute approximate surface area is 110 Å². The van der Waals surface area contributed by atoms with E-state index in [0.29, 0.717) is 0 Å². The smallest absolute Gasteiger partial charge is 0.352 e. The number of rotatable bonds is 4. The van der Waals surface area contributed by atoms with Crippen LogP contribution in [0.4, 0.5) is 17.3 Å². The van der Waals surface area contributed by atoms with E-state index in [0.717, 1.165) is 25.7 Å². The van der Waals surface area contributed by atoms with Crippen molar-refractivity contribution < 1.29 is 10.0 Å². The Morgan fingerprint density at radius 1 is 1.47 bits per heavy atom. The van der Waals surface area contributed by atoms with Gasteiger partial charge in [-0.25, -0.2) is 9.97 Å². The number of nitrogens with two attached hydrogens (primary N) is 1. The highest BCUT2D eigenvalue weighted by molar-refractivity contribution is 5.67. The van der Waals surface area contributed by atoms with Gasteiger partial charge in [-0.2, -0.15) is 0 Å². The predicted molar refractivity (Wildman–Crippen MR) is 69.6 cm³/mol. The van der Waals surface area contributed by atoms with Crippen LogP contribution < -0.4 is 11.1 Å². The molecule has 0 bridgehead atoms. The molecule has 2 rings (SSSR count). The second kappa shape index (κ2) is 5.79. The van der Waals surface area contributed by atoms with Crippen LogP contribution in [0.25, 0.3) is 0 Å². The van der Waals surface area contributed by atoms with Crippen molar-refractivity contribution in [3.8, 4) is 0 Å². The van der Waals surface area contributed by atoms with Gasteiger partial charge in [-0.1, -0.05) is 12.8 Å². The lowest BCUT2D eigenvalue weighted by atomic mass is 9.85. The molecule has 2 unspecified atom stereocenters. The summed E-state index contributed by atoms with van der Waals surface area (Å²) >= 11 is 0. The molecule has 4 N–H and O–H groups in total. The summed E-state index contributed by atoms with van der Waals surface area (Å²) in [5.41, 5.74) is 5.21. The number of hydrogen-bond donors (Lipinski definition) is 3. The fourth-order valence-electron chi connectivity index (χ4n) is 2.47. The largest absolute Gasteiger partial charge is 0.396 e. The number of nitrogens with zero attached hydrogens (tertiary/aromatic N) is 3. The van der Waals surface area contributed by atoms with Crippen LogP contribution in [-0.4, -0.2) is 32.6 Å². The third kappa shape index (κ3) is 2.90. The van der Waals surface area contributed by atoms with Gasteiger partial charge in [0.15, 0.2) is 0 Å². The third-order valence-corrected chi connectivity index (χ3v) is 3.50. The quantitative estimate of drug-likeness (QED) is 0.547. The molecule has 1 aliphatic rings. The van der Waals surface area contributed by atoms with Crippen LogP contribution in [0, 0.1) is 16.0 Å². The molecule has 0 spiro atoms. The number of anilines is 2. The van der Waals surface area contributed by atoms with E-state index in [1.54, 1.807) is 0 Å². The molecular weight excluding hydrogens is 250 g/mol. The van der Waals surface area contributed by atoms with Crippen LogP contribution >= 0.6 is 0 Å². The molecule has 0 aromatic carbocycles. The van der Waals surface area contributed by atoms with E-state index in [2.05, 4.69) is 15.3 Å². The number of nitrogens with one attached hydrogen (secondary N) is 1. The first-order chi connectivity index (χ1) is 9.13. The van der Waals surface area contributed by atoms with Gasteiger partial charge in [-0.15, -0.1) is 0 Å². The minimum absolute atomic E-state index is 0.0215. The zero-order chi connectivity index (χ0) is 13.8. The highest BCUT2D eigenvalue weighted by atomic mass is 16.6. The zero-order valence-electron chi connectivity index (χ0n) is 10.5. The van der Waals surface area contributed by atoms with Crippen molar-refractivity contribution in [2.75, 3.05) is 17.7 Å². The number of nitro groups is 1. The highest BCUT2D eigenvalue weighted by Gasteiger charge is 2.28. The molecule has 104 valence electrons. The first-order valence-corrected chi connectivity index (χ1v) is 6.25. The highest BCUT2D eigenvalue weighted by Crippen LogP contribution is 2.31. The Kier molecular flexibility index (Phi) is 4.10. The Hall–Kier alpha value is -1.96. The third-order valence-electron chi connectivity index (χ3n) is 3.50. The van der Waals surface area contributed by atoms with Gasteiger partial charge in [0.2, 0.25) is 11.6 Å². The van der Waals surface area contributed by atoms with Gasteiger partial charge in [0, 0.05) is 18.6 Å². The summed E-state index contributed by atoms with van der Waals surface area (Å²) in [5, 5.41) is 23.4. The standard InChI is InChI=1S/C11H17N5O3/c12-10-9(16(18)19)11(14-6-13-10)15-8-4-2-1-3-7(8)5-17/h6-8,17H,1-5H2,(H3,12,13,14,15). The average molecular weight is 267 g/mol. The number of aromatic nitrogens is 2. The molecule has 1 aromatic heterocycles. The van der Waals surface area contributed by atoms with E-state index in [-0.39, 0.29) is 35.9 Å². The summed E-state index contributed by atoms with van der Waals surface area (Å²) in [6.07, 6.45) is 5.05. The van der Waals surface area contributed by atoms with E-state index in [1.807, 2.05) is 0 Å². The maximum atomic E-state index is 11.0. The molecular formula is C11H17N5O3. The second-order valence-corrected chi connectivity index (χ2v) is 4.69. The van der Waals surface area contributed by atoms with Crippen LogP contribution in [0.1, 0.15) is 25.7 Å². The van der Waals surface area contributed by atoms with Gasteiger partial charge in [-0.05, 0) is 12.8 Å². The number of aliphatic hydroxyl groups excluding tert-OH is 1. The molecule has 8 heteroatoms. The summed E-state index contributed by atoms with van der Waals surface area (Å²) in [6, 6.07) is -0.0215. The van der Waals surface area contributed by atoms with Crippen LogP contribution in [0.3, 0.4) is 0 Å². The normalized spacial score (nSPS) is 23.0. The molecule has 1 aromatic rings. The van der Waals surface area contributed by atoms with Crippen molar-refractivity contribution in [2.24, 2.45) is 5.92 Å². The number of nitrogen functional groups attached to an aromatic ring is 1. The number of aliphatic hydroxyl groups is 1. The second-order valence-electron chi connectivity index (χ2n) is 4.69. The Morgan fingerprint density at radius 2 is 2.21 bits per heavy atom. The SMILES string of the molecule is Nc1ncnc(NC2CCCCC2CO)c1[N+](=O)[O-]. The van der Waals surface area contributed by atoms with Gasteiger partial charge in [0.1, 0.15) is 6.33 Å². The maximum Gasteiger partial charge on any atom is 0.352 e. The Bertz CT molecular complexity index is 468. The molecule has 1 fully saturated rings. The van der Waals surface area contributed by atoms with E-state index < -0.39 is 4.92 Å². The molecule has 1 aliphatic carbocycles. The predicted octanol–water partition coefficient (Wildman–Crippen LogP) is 0.930. The van der Waals surface area contributed by atoms with Gasteiger partial charge >= 0.3 is 5.69 Å². The molecule has 8 nitrogen and oxygen atoms in total. The summed E-state index contributed by atoms with van der Waals surface area (Å²) in [5.74, 6) is 0.0613. The van der Waals surface area contributed by atoms with Crippen molar-refractivity contribution in [3.63, 3.8) is 0 Å². The van der Waals surface area contributed by atoms with E-state index >= 15 is 0 Å². The van der Waals surface area contributed by atoms with E-state index in [9.17, 15) is 15.2 Å². The van der Waals surface area contributed by atoms with E-state index in [1.165, 1.54) is 6.33 Å². The fourth-order valence-corrected chi connectivity index (χ4v) is 2.47. The Balaban J connectivity index is 2.22. The first-order valence-electron chi connectivity index (χ1n) is 6.25. The molecule has 0 amide bonds. The van der Waals surface area contributed by atoms with Crippen molar-refractivity contribution >= 4 is 17.3 Å². The van der Waals surface area contributed by atoms with Crippen LogP contribution in [0.15, 0.2) is 6.33 Å². The lowest BCUT2D eigenvalue weighted by Crippen LogP contribution is -2.34. The zero-order valence-corrected chi connectivity index (χ0v) is 10.5. The van der Waals surface area contributed by atoms with E-state index in [4.69, 9.17) is 5.73 Å². The molecule has 19 heavy (non-hydrogen) atoms. The summed E-state index contributed by atoms with van der Waals surface area (Å²) in [4.78, 5) is 17.9. The average Bonchev–Trinajstić information content (AvgIpc) is 2.39. The van der Waals surface area contributed by atoms with Crippen LogP contribution in [0.5, 0.6) is 0 Å². The monoisotopic (exact) mass is 267 g/mol. The summed E-state index contributed by atoms with van der Waals surface area (Å²) < 4.78 is 0. The topological polar surface area (TPSA) is 127 Å². The first kappa shape index (κ1) is 13.5. The molecule has 0 saturated heterocycles. The van der Waals surface area contributed by atoms with Gasteiger partial charge in [0.05, 0.1) is 4.92 Å². The maximum absolute atomic E-state index is 11.0. The summed E-state index contributed by atoms with van der Waals surface area (Å²) in [6.45, 7) is 0.0615. The Morgan fingerprint density at radius 3 is 2.89 bits per heavy atom. The molecule has 1 heterocycles. The van der Waals surface area contributed by atoms with Crippen LogP contribution in [0.2, 0.25) is 0 Å². The molecule has 1 saturated carbocycles.